The SMILES string of the molecule is Cc1nc2c3ccccc3nn2c(C)c1CCC(=O)NNC(=O)CSc1ccc(Cl)cc1. The highest BCUT2D eigenvalue weighted by molar-refractivity contribution is 8.00. The highest BCUT2D eigenvalue weighted by atomic mass is 35.5. The van der Waals surface area contributed by atoms with Crippen molar-refractivity contribution in [3.8, 4) is 0 Å². The Bertz CT molecular complexity index is 1300. The van der Waals surface area contributed by atoms with Gasteiger partial charge in [-0.25, -0.2) is 9.50 Å². The van der Waals surface area contributed by atoms with Crippen LogP contribution in [0, 0.1) is 13.8 Å². The first-order valence-electron chi connectivity index (χ1n) is 10.1. The molecule has 0 saturated heterocycles. The van der Waals surface area contributed by atoms with Gasteiger partial charge in [0.25, 0.3) is 0 Å². The quantitative estimate of drug-likeness (QED) is 0.330. The minimum absolute atomic E-state index is 0.188. The third-order valence-corrected chi connectivity index (χ3v) is 6.41. The van der Waals surface area contributed by atoms with E-state index in [4.69, 9.17) is 16.6 Å². The predicted octanol–water partition coefficient (Wildman–Crippen LogP) is 4.03. The number of benzene rings is 2. The maximum absolute atomic E-state index is 12.3. The van der Waals surface area contributed by atoms with Gasteiger partial charge in [-0.3, -0.25) is 20.4 Å². The monoisotopic (exact) mass is 467 g/mol. The average Bonchev–Trinajstić information content (AvgIpc) is 3.16. The lowest BCUT2D eigenvalue weighted by molar-refractivity contribution is -0.127. The van der Waals surface area contributed by atoms with E-state index in [1.165, 1.54) is 11.8 Å². The van der Waals surface area contributed by atoms with E-state index in [0.717, 1.165) is 38.4 Å². The molecule has 4 rings (SSSR count). The maximum atomic E-state index is 12.3. The Balaban J connectivity index is 1.33. The fraction of sp³-hybridized carbons (Fsp3) is 0.217. The zero-order chi connectivity index (χ0) is 22.7. The number of thioether (sulfide) groups is 1. The molecule has 0 radical (unpaired) electrons. The Morgan fingerprint density at radius 2 is 1.75 bits per heavy atom. The molecule has 7 nitrogen and oxygen atoms in total. The van der Waals surface area contributed by atoms with Gasteiger partial charge in [-0.15, -0.1) is 11.8 Å². The highest BCUT2D eigenvalue weighted by Crippen LogP contribution is 2.23. The van der Waals surface area contributed by atoms with E-state index in [0.29, 0.717) is 11.4 Å². The van der Waals surface area contributed by atoms with Crippen LogP contribution in [-0.4, -0.2) is 32.2 Å². The van der Waals surface area contributed by atoms with Crippen LogP contribution in [0.15, 0.2) is 53.4 Å². The second-order valence-corrected chi connectivity index (χ2v) is 8.84. The van der Waals surface area contributed by atoms with Gasteiger partial charge in [0.2, 0.25) is 11.8 Å². The summed E-state index contributed by atoms with van der Waals surface area (Å²) in [6.45, 7) is 3.92. The molecule has 0 aliphatic rings. The Kier molecular flexibility index (Phi) is 6.62. The molecule has 0 unspecified atom stereocenters. The number of nitrogens with one attached hydrogen (secondary N) is 2. The summed E-state index contributed by atoms with van der Waals surface area (Å²) in [5, 5.41) is 6.29. The summed E-state index contributed by atoms with van der Waals surface area (Å²) in [5.74, 6) is -0.357. The van der Waals surface area contributed by atoms with Crippen LogP contribution in [0.25, 0.3) is 16.6 Å². The van der Waals surface area contributed by atoms with Crippen molar-refractivity contribution in [1.29, 1.82) is 0 Å². The minimum atomic E-state index is -0.281. The number of nitrogens with zero attached hydrogens (tertiary/aromatic N) is 3. The van der Waals surface area contributed by atoms with Crippen molar-refractivity contribution in [1.82, 2.24) is 25.4 Å². The number of hydrogen-bond acceptors (Lipinski definition) is 5. The molecular formula is C23H22ClN5O2S. The van der Waals surface area contributed by atoms with Crippen molar-refractivity contribution < 1.29 is 9.59 Å². The first-order chi connectivity index (χ1) is 15.4. The summed E-state index contributed by atoms with van der Waals surface area (Å²) in [6.07, 6.45) is 0.721. The molecule has 0 saturated carbocycles. The van der Waals surface area contributed by atoms with Crippen molar-refractivity contribution in [3.63, 3.8) is 0 Å². The Morgan fingerprint density at radius 3 is 2.53 bits per heavy atom. The molecule has 2 aromatic heterocycles. The topological polar surface area (TPSA) is 88.4 Å². The average molecular weight is 468 g/mol. The fourth-order valence-electron chi connectivity index (χ4n) is 3.49. The fourth-order valence-corrected chi connectivity index (χ4v) is 4.32. The summed E-state index contributed by atoms with van der Waals surface area (Å²) in [6, 6.07) is 15.1. The Labute approximate surface area is 194 Å². The van der Waals surface area contributed by atoms with Crippen LogP contribution < -0.4 is 10.9 Å². The number of hydrazine groups is 1. The molecule has 0 fully saturated rings. The van der Waals surface area contributed by atoms with Gasteiger partial charge in [0.15, 0.2) is 5.65 Å². The van der Waals surface area contributed by atoms with Crippen LogP contribution >= 0.6 is 23.4 Å². The summed E-state index contributed by atoms with van der Waals surface area (Å²) in [7, 11) is 0. The molecule has 0 atom stereocenters. The number of amides is 2. The van der Waals surface area contributed by atoms with Gasteiger partial charge in [0, 0.05) is 33.1 Å². The van der Waals surface area contributed by atoms with Crippen molar-refractivity contribution in [2.45, 2.75) is 31.6 Å². The number of halogens is 1. The number of fused-ring (bicyclic) bond motifs is 3. The molecular weight excluding hydrogens is 446 g/mol. The van der Waals surface area contributed by atoms with Crippen LogP contribution in [0.4, 0.5) is 0 Å². The largest absolute Gasteiger partial charge is 0.273 e. The van der Waals surface area contributed by atoms with Crippen molar-refractivity contribution in [2.24, 2.45) is 0 Å². The first kappa shape index (κ1) is 22.1. The summed E-state index contributed by atoms with van der Waals surface area (Å²) in [5.41, 5.74) is 9.45. The molecule has 0 aliphatic carbocycles. The summed E-state index contributed by atoms with van der Waals surface area (Å²) in [4.78, 5) is 29.9. The number of aromatic nitrogens is 3. The van der Waals surface area contributed by atoms with Crippen molar-refractivity contribution >= 4 is 51.7 Å². The van der Waals surface area contributed by atoms with Crippen LogP contribution in [0.5, 0.6) is 0 Å². The Hall–Kier alpha value is -3.10. The number of aryl methyl sites for hydroxylation is 2. The molecule has 2 heterocycles. The van der Waals surface area contributed by atoms with Crippen molar-refractivity contribution in [3.05, 3.63) is 70.5 Å². The highest BCUT2D eigenvalue weighted by Gasteiger charge is 2.15. The predicted molar refractivity (Wildman–Crippen MR) is 127 cm³/mol. The van der Waals surface area contributed by atoms with Crippen LogP contribution in [0.3, 0.4) is 0 Å². The van der Waals surface area contributed by atoms with E-state index in [1.54, 1.807) is 12.1 Å². The lowest BCUT2D eigenvalue weighted by atomic mass is 10.1. The number of carbonyl (C=O) groups is 2. The number of rotatable bonds is 6. The maximum Gasteiger partial charge on any atom is 0.248 e. The molecule has 2 aromatic carbocycles. The second-order valence-electron chi connectivity index (χ2n) is 7.35. The van der Waals surface area contributed by atoms with Crippen LogP contribution in [0.2, 0.25) is 5.02 Å². The van der Waals surface area contributed by atoms with E-state index < -0.39 is 0 Å². The van der Waals surface area contributed by atoms with Gasteiger partial charge in [0.1, 0.15) is 0 Å². The normalized spacial score (nSPS) is 11.1. The molecule has 0 bridgehead atoms. The van der Waals surface area contributed by atoms with Gasteiger partial charge in [0.05, 0.1) is 11.3 Å². The van der Waals surface area contributed by atoms with Gasteiger partial charge in [-0.05, 0) is 62.2 Å². The van der Waals surface area contributed by atoms with Crippen LogP contribution in [-0.2, 0) is 16.0 Å². The molecule has 0 aliphatic heterocycles. The molecule has 164 valence electrons. The number of hydrogen-bond donors (Lipinski definition) is 2. The summed E-state index contributed by atoms with van der Waals surface area (Å²) >= 11 is 7.22. The number of carbonyl (C=O) groups excluding carboxylic acids is 2. The molecule has 2 N–H and O–H groups in total. The van der Waals surface area contributed by atoms with E-state index in [1.807, 2.05) is 54.8 Å². The second kappa shape index (κ2) is 9.58. The third-order valence-electron chi connectivity index (χ3n) is 5.15. The molecule has 4 aromatic rings. The van der Waals surface area contributed by atoms with Crippen LogP contribution in [0.1, 0.15) is 23.4 Å². The lowest BCUT2D eigenvalue weighted by Crippen LogP contribution is -2.42. The smallest absolute Gasteiger partial charge is 0.248 e. The zero-order valence-corrected chi connectivity index (χ0v) is 19.3. The van der Waals surface area contributed by atoms with Crippen molar-refractivity contribution in [2.75, 3.05) is 5.75 Å². The first-order valence-corrected chi connectivity index (χ1v) is 11.5. The zero-order valence-electron chi connectivity index (χ0n) is 17.7. The molecule has 32 heavy (non-hydrogen) atoms. The standard InChI is InChI=1S/C23H22ClN5O2S/c1-14-18(15(2)29-23(25-14)19-5-3-4-6-20(19)28-29)11-12-21(30)26-27-22(31)13-32-17-9-7-16(24)8-10-17/h3-10H,11-13H2,1-2H3,(H,26,30)(H,27,31). The Morgan fingerprint density at radius 1 is 1.03 bits per heavy atom. The van der Waals surface area contributed by atoms with E-state index >= 15 is 0 Å². The third kappa shape index (κ3) is 4.87. The van der Waals surface area contributed by atoms with Gasteiger partial charge in [-0.1, -0.05) is 23.7 Å². The van der Waals surface area contributed by atoms with Gasteiger partial charge >= 0.3 is 0 Å². The van der Waals surface area contributed by atoms with E-state index in [-0.39, 0.29) is 24.0 Å². The van der Waals surface area contributed by atoms with E-state index in [9.17, 15) is 9.59 Å². The van der Waals surface area contributed by atoms with Gasteiger partial charge < -0.3 is 0 Å². The van der Waals surface area contributed by atoms with Gasteiger partial charge in [-0.2, -0.15) is 5.10 Å². The molecule has 9 heteroatoms. The molecule has 2 amide bonds. The summed E-state index contributed by atoms with van der Waals surface area (Å²) < 4.78 is 1.83. The minimum Gasteiger partial charge on any atom is -0.273 e. The molecule has 0 spiro atoms. The lowest BCUT2D eigenvalue weighted by Gasteiger charge is -2.11. The van der Waals surface area contributed by atoms with E-state index in [2.05, 4.69) is 16.0 Å².